The predicted molar refractivity (Wildman–Crippen MR) is 103 cm³/mol. The number of barbiturate groups is 1. The lowest BCUT2D eigenvalue weighted by molar-refractivity contribution is -0.123. The Morgan fingerprint density at radius 3 is 2.14 bits per heavy atom. The maximum absolute atomic E-state index is 12.3. The van der Waals surface area contributed by atoms with Crippen molar-refractivity contribution >= 4 is 61.6 Å². The van der Waals surface area contributed by atoms with E-state index < -0.39 is 28.0 Å². The van der Waals surface area contributed by atoms with Gasteiger partial charge in [-0.15, -0.1) is 0 Å². The quantitative estimate of drug-likeness (QED) is 0.390. The second-order valence-corrected chi connectivity index (χ2v) is 8.31. The van der Waals surface area contributed by atoms with Gasteiger partial charge in [0, 0.05) is 5.02 Å². The number of rotatable bonds is 4. The monoisotopic (exact) mass is 484 g/mol. The minimum absolute atomic E-state index is 0.00447. The minimum Gasteiger partial charge on any atom is -0.378 e. The molecule has 2 N–H and O–H groups in total. The fraction of sp³-hybridized carbons (Fsp3) is 0. The van der Waals surface area contributed by atoms with Crippen LogP contribution in [0.2, 0.25) is 5.02 Å². The first-order valence-electron chi connectivity index (χ1n) is 7.54. The smallest absolute Gasteiger partial charge is 0.339 e. The molecule has 144 valence electrons. The SMILES string of the molecule is O=C1NC(=O)C(=Cc2ccc(OS(=O)(=O)c3ccc(Cl)cc3)c(Br)c2)C(=O)N1. The molecule has 0 spiro atoms. The van der Waals surface area contributed by atoms with Crippen LogP contribution in [0.1, 0.15) is 5.56 Å². The first-order chi connectivity index (χ1) is 13.2. The highest BCUT2D eigenvalue weighted by Gasteiger charge is 2.27. The van der Waals surface area contributed by atoms with Crippen molar-refractivity contribution in [1.29, 1.82) is 0 Å². The van der Waals surface area contributed by atoms with E-state index in [1.54, 1.807) is 0 Å². The zero-order valence-corrected chi connectivity index (χ0v) is 16.9. The lowest BCUT2D eigenvalue weighted by Crippen LogP contribution is -2.51. The van der Waals surface area contributed by atoms with Crippen molar-refractivity contribution in [3.8, 4) is 5.75 Å². The van der Waals surface area contributed by atoms with Crippen molar-refractivity contribution in [1.82, 2.24) is 10.6 Å². The van der Waals surface area contributed by atoms with Crippen molar-refractivity contribution in [3.05, 3.63) is 63.1 Å². The number of imide groups is 2. The van der Waals surface area contributed by atoms with Gasteiger partial charge < -0.3 is 4.18 Å². The van der Waals surface area contributed by atoms with Gasteiger partial charge >= 0.3 is 16.1 Å². The Bertz CT molecular complexity index is 1110. The number of carbonyl (C=O) groups excluding carboxylic acids is 3. The van der Waals surface area contributed by atoms with Gasteiger partial charge in [-0.05, 0) is 64.0 Å². The number of urea groups is 1. The van der Waals surface area contributed by atoms with E-state index in [1.165, 1.54) is 48.5 Å². The molecule has 28 heavy (non-hydrogen) atoms. The lowest BCUT2D eigenvalue weighted by Gasteiger charge is -2.14. The van der Waals surface area contributed by atoms with Gasteiger partial charge in [-0.3, -0.25) is 20.2 Å². The topological polar surface area (TPSA) is 119 Å². The van der Waals surface area contributed by atoms with Crippen LogP contribution in [0.5, 0.6) is 5.75 Å². The van der Waals surface area contributed by atoms with E-state index in [4.69, 9.17) is 15.8 Å². The molecule has 11 heteroatoms. The molecule has 0 radical (unpaired) electrons. The normalized spacial score (nSPS) is 14.4. The Balaban J connectivity index is 1.86. The maximum Gasteiger partial charge on any atom is 0.339 e. The molecule has 0 bridgehead atoms. The molecule has 1 fully saturated rings. The average molecular weight is 486 g/mol. The van der Waals surface area contributed by atoms with Gasteiger partial charge in [0.15, 0.2) is 5.75 Å². The highest BCUT2D eigenvalue weighted by atomic mass is 79.9. The van der Waals surface area contributed by atoms with Gasteiger partial charge in [0.05, 0.1) is 4.47 Å². The number of hydrogen-bond acceptors (Lipinski definition) is 6. The van der Waals surface area contributed by atoms with Gasteiger partial charge in [0.2, 0.25) is 0 Å². The van der Waals surface area contributed by atoms with Crippen molar-refractivity contribution in [3.63, 3.8) is 0 Å². The Morgan fingerprint density at radius 2 is 1.57 bits per heavy atom. The largest absolute Gasteiger partial charge is 0.378 e. The molecule has 2 aromatic rings. The molecule has 0 unspecified atom stereocenters. The van der Waals surface area contributed by atoms with Gasteiger partial charge in [0.1, 0.15) is 10.5 Å². The van der Waals surface area contributed by atoms with E-state index in [2.05, 4.69) is 15.9 Å². The molecule has 8 nitrogen and oxygen atoms in total. The molecule has 0 aromatic heterocycles. The van der Waals surface area contributed by atoms with Gasteiger partial charge in [-0.1, -0.05) is 17.7 Å². The predicted octanol–water partition coefficient (Wildman–Crippen LogP) is 2.62. The van der Waals surface area contributed by atoms with Crippen molar-refractivity contribution in [2.75, 3.05) is 0 Å². The summed E-state index contributed by atoms with van der Waals surface area (Å²) in [5, 5.41) is 4.30. The van der Waals surface area contributed by atoms with E-state index in [0.29, 0.717) is 10.6 Å². The molecule has 1 saturated heterocycles. The zero-order chi connectivity index (χ0) is 20.5. The lowest BCUT2D eigenvalue weighted by atomic mass is 10.1. The molecular formula is C17H10BrClN2O6S. The molecule has 0 saturated carbocycles. The van der Waals surface area contributed by atoms with Crippen LogP contribution >= 0.6 is 27.5 Å². The van der Waals surface area contributed by atoms with Crippen molar-refractivity contribution < 1.29 is 27.0 Å². The molecule has 1 heterocycles. The van der Waals surface area contributed by atoms with Crippen LogP contribution in [-0.4, -0.2) is 26.3 Å². The van der Waals surface area contributed by atoms with Crippen LogP contribution in [-0.2, 0) is 19.7 Å². The highest BCUT2D eigenvalue weighted by molar-refractivity contribution is 9.10. The number of hydrogen-bond donors (Lipinski definition) is 2. The first-order valence-corrected chi connectivity index (χ1v) is 10.1. The van der Waals surface area contributed by atoms with E-state index in [-0.39, 0.29) is 20.7 Å². The summed E-state index contributed by atoms with van der Waals surface area (Å²) in [5.74, 6) is -1.67. The van der Waals surface area contributed by atoms with Gasteiger partial charge in [-0.2, -0.15) is 8.42 Å². The van der Waals surface area contributed by atoms with Crippen LogP contribution in [0.3, 0.4) is 0 Å². The maximum atomic E-state index is 12.3. The number of carbonyl (C=O) groups is 3. The highest BCUT2D eigenvalue weighted by Crippen LogP contribution is 2.30. The summed E-state index contributed by atoms with van der Waals surface area (Å²) in [4.78, 5) is 34.5. The molecule has 0 atom stereocenters. The molecule has 0 aliphatic carbocycles. The molecule has 1 aliphatic rings. The molecule has 3 rings (SSSR count). The molecule has 1 aliphatic heterocycles. The fourth-order valence-corrected chi connectivity index (χ4v) is 3.87. The van der Waals surface area contributed by atoms with Crippen LogP contribution in [0.4, 0.5) is 4.79 Å². The summed E-state index contributed by atoms with van der Waals surface area (Å²) in [6, 6.07) is 8.83. The second kappa shape index (κ2) is 7.74. The summed E-state index contributed by atoms with van der Waals surface area (Å²) in [6.07, 6.45) is 1.25. The minimum atomic E-state index is -4.09. The number of amides is 4. The van der Waals surface area contributed by atoms with E-state index in [1.807, 2.05) is 10.6 Å². The summed E-state index contributed by atoms with van der Waals surface area (Å²) in [5.41, 5.74) is 0.131. The third kappa shape index (κ3) is 4.41. The molecule has 2 aromatic carbocycles. The Labute approximate surface area is 172 Å². The Morgan fingerprint density at radius 1 is 0.964 bits per heavy atom. The van der Waals surface area contributed by atoms with E-state index in [9.17, 15) is 22.8 Å². The van der Waals surface area contributed by atoms with E-state index in [0.717, 1.165) is 0 Å². The average Bonchev–Trinajstić information content (AvgIpc) is 2.60. The summed E-state index contributed by atoms with van der Waals surface area (Å²) in [6.45, 7) is 0. The Hall–Kier alpha value is -2.69. The second-order valence-electron chi connectivity index (χ2n) is 5.48. The summed E-state index contributed by atoms with van der Waals surface area (Å²) >= 11 is 8.94. The van der Waals surface area contributed by atoms with Crippen LogP contribution < -0.4 is 14.8 Å². The van der Waals surface area contributed by atoms with Crippen LogP contribution in [0.25, 0.3) is 6.08 Å². The molecular weight excluding hydrogens is 476 g/mol. The first kappa shape index (κ1) is 20.1. The molecule has 4 amide bonds. The van der Waals surface area contributed by atoms with Gasteiger partial charge in [-0.25, -0.2) is 4.79 Å². The summed E-state index contributed by atoms with van der Waals surface area (Å²) < 4.78 is 30.1. The zero-order valence-electron chi connectivity index (χ0n) is 13.7. The fourth-order valence-electron chi connectivity index (χ4n) is 2.22. The Kier molecular flexibility index (Phi) is 5.54. The third-order valence-corrected chi connectivity index (χ3v) is 5.63. The van der Waals surface area contributed by atoms with E-state index >= 15 is 0 Å². The standard InChI is InChI=1S/C17H10BrClN2O6S/c18-13-8-9(7-12-15(22)20-17(24)21-16(12)23)1-6-14(13)27-28(25,26)11-4-2-10(19)3-5-11/h1-8H,(H2,20,21,22,23,24). The van der Waals surface area contributed by atoms with Crippen LogP contribution in [0, 0.1) is 0 Å². The van der Waals surface area contributed by atoms with Crippen LogP contribution in [0.15, 0.2) is 57.4 Å². The number of nitrogens with one attached hydrogen (secondary N) is 2. The van der Waals surface area contributed by atoms with Gasteiger partial charge in [0.25, 0.3) is 11.8 Å². The number of halogens is 2. The van der Waals surface area contributed by atoms with Crippen molar-refractivity contribution in [2.45, 2.75) is 4.90 Å². The summed E-state index contributed by atoms with van der Waals surface area (Å²) in [7, 11) is -4.09. The third-order valence-electron chi connectivity index (χ3n) is 3.51. The number of benzene rings is 2. The van der Waals surface area contributed by atoms with Crippen molar-refractivity contribution in [2.24, 2.45) is 0 Å².